The van der Waals surface area contributed by atoms with E-state index < -0.39 is 66.1 Å². The lowest BCUT2D eigenvalue weighted by atomic mass is 10.0. The van der Waals surface area contributed by atoms with Gasteiger partial charge in [0.05, 0.1) is 12.5 Å². The van der Waals surface area contributed by atoms with E-state index in [-0.39, 0.29) is 12.8 Å². The van der Waals surface area contributed by atoms with E-state index in [1.54, 1.807) is 13.8 Å². The number of hydrogen-bond acceptors (Lipinski definition) is 7. The Hall–Kier alpha value is -3.51. The van der Waals surface area contributed by atoms with Crippen LogP contribution in [0, 0.1) is 5.92 Å². The molecule has 0 saturated heterocycles. The number of amides is 4. The Morgan fingerprint density at radius 2 is 1.50 bits per heavy atom. The number of primary amides is 1. The van der Waals surface area contributed by atoms with Crippen LogP contribution >= 0.6 is 0 Å². The number of hydrogen-bond donors (Lipinski definition) is 7. The summed E-state index contributed by atoms with van der Waals surface area (Å²) in [7, 11) is 0. The van der Waals surface area contributed by atoms with Crippen molar-refractivity contribution in [1.82, 2.24) is 16.0 Å². The van der Waals surface area contributed by atoms with Gasteiger partial charge in [-0.3, -0.25) is 19.2 Å². The van der Waals surface area contributed by atoms with Crippen LogP contribution in [0.1, 0.15) is 45.1 Å². The van der Waals surface area contributed by atoms with Crippen molar-refractivity contribution < 1.29 is 29.1 Å². The fourth-order valence-electron chi connectivity index (χ4n) is 3.45. The van der Waals surface area contributed by atoms with Crippen LogP contribution in [0.3, 0.4) is 0 Å². The van der Waals surface area contributed by atoms with Crippen LogP contribution in [0.25, 0.3) is 0 Å². The second kappa shape index (κ2) is 15.5. The van der Waals surface area contributed by atoms with E-state index in [1.807, 2.05) is 30.3 Å². The smallest absolute Gasteiger partial charge is 0.326 e. The maximum Gasteiger partial charge on any atom is 0.326 e. The Balaban J connectivity index is 2.90. The Kier molecular flexibility index (Phi) is 13.1. The summed E-state index contributed by atoms with van der Waals surface area (Å²) in [6, 6.07) is 4.49. The highest BCUT2D eigenvalue weighted by molar-refractivity contribution is 5.96. The quantitative estimate of drug-likeness (QED) is 0.134. The number of aliphatic carboxylic acids is 1. The van der Waals surface area contributed by atoms with Crippen molar-refractivity contribution in [3.8, 4) is 0 Å². The van der Waals surface area contributed by atoms with Crippen molar-refractivity contribution in [2.75, 3.05) is 6.54 Å². The van der Waals surface area contributed by atoms with Crippen LogP contribution in [0.2, 0.25) is 0 Å². The monoisotopic (exact) mass is 506 g/mol. The van der Waals surface area contributed by atoms with E-state index >= 15 is 0 Å². The SMILES string of the molecule is CC(C)C(NC(=O)C(N)Cc1ccccc1)C(=O)NC(CC(N)=O)C(=O)NC(CCCCN)C(=O)O. The normalized spacial score (nSPS) is 14.2. The third-order valence-electron chi connectivity index (χ3n) is 5.48. The Morgan fingerprint density at radius 1 is 0.889 bits per heavy atom. The van der Waals surface area contributed by atoms with Gasteiger partial charge < -0.3 is 38.3 Å². The molecule has 0 aliphatic rings. The average molecular weight is 507 g/mol. The maximum absolute atomic E-state index is 13.0. The number of carboxylic acid groups (broad SMARTS) is 1. The molecule has 36 heavy (non-hydrogen) atoms. The van der Waals surface area contributed by atoms with Gasteiger partial charge in [-0.15, -0.1) is 0 Å². The third kappa shape index (κ3) is 10.8. The fraction of sp³-hybridized carbons (Fsp3) is 0.542. The van der Waals surface area contributed by atoms with Gasteiger partial charge in [-0.2, -0.15) is 0 Å². The molecular formula is C24H38N6O6. The second-order valence-electron chi connectivity index (χ2n) is 8.94. The van der Waals surface area contributed by atoms with Gasteiger partial charge in [-0.05, 0) is 43.7 Å². The molecule has 0 aromatic heterocycles. The first-order valence-corrected chi connectivity index (χ1v) is 11.9. The Morgan fingerprint density at radius 3 is 2.03 bits per heavy atom. The number of nitrogens with one attached hydrogen (secondary N) is 3. The fourth-order valence-corrected chi connectivity index (χ4v) is 3.45. The Bertz CT molecular complexity index is 894. The van der Waals surface area contributed by atoms with Crippen LogP contribution < -0.4 is 33.2 Å². The molecule has 1 aromatic carbocycles. The molecule has 0 aliphatic heterocycles. The maximum atomic E-state index is 13.0. The summed E-state index contributed by atoms with van der Waals surface area (Å²) in [5, 5.41) is 16.7. The molecule has 1 aromatic rings. The molecule has 0 fully saturated rings. The van der Waals surface area contributed by atoms with E-state index in [9.17, 15) is 29.1 Å². The minimum atomic E-state index is -1.43. The van der Waals surface area contributed by atoms with E-state index in [4.69, 9.17) is 17.2 Å². The van der Waals surface area contributed by atoms with Crippen LogP contribution in [0.5, 0.6) is 0 Å². The largest absolute Gasteiger partial charge is 0.480 e. The summed E-state index contributed by atoms with van der Waals surface area (Å²) < 4.78 is 0. The average Bonchev–Trinajstić information content (AvgIpc) is 2.81. The zero-order valence-corrected chi connectivity index (χ0v) is 20.7. The van der Waals surface area contributed by atoms with E-state index in [0.717, 1.165) is 5.56 Å². The molecule has 10 N–H and O–H groups in total. The molecule has 0 heterocycles. The van der Waals surface area contributed by atoms with Gasteiger partial charge in [0.2, 0.25) is 23.6 Å². The number of nitrogens with two attached hydrogens (primary N) is 3. The Labute approximate surface area is 210 Å². The van der Waals surface area contributed by atoms with Crippen molar-refractivity contribution in [3.63, 3.8) is 0 Å². The zero-order valence-electron chi connectivity index (χ0n) is 20.7. The molecule has 12 heteroatoms. The van der Waals surface area contributed by atoms with Gasteiger partial charge in [-0.25, -0.2) is 4.79 Å². The lowest BCUT2D eigenvalue weighted by molar-refractivity contribution is -0.142. The van der Waals surface area contributed by atoms with E-state index in [0.29, 0.717) is 19.4 Å². The number of benzene rings is 1. The van der Waals surface area contributed by atoms with Crippen LogP contribution in [0.15, 0.2) is 30.3 Å². The van der Waals surface area contributed by atoms with Gasteiger partial charge in [0, 0.05) is 0 Å². The van der Waals surface area contributed by atoms with Gasteiger partial charge in [0.15, 0.2) is 0 Å². The van der Waals surface area contributed by atoms with Gasteiger partial charge in [-0.1, -0.05) is 44.2 Å². The first kappa shape index (κ1) is 30.5. The molecule has 4 amide bonds. The molecule has 200 valence electrons. The lowest BCUT2D eigenvalue weighted by Crippen LogP contribution is -2.59. The molecule has 0 spiro atoms. The number of rotatable bonds is 16. The van der Waals surface area contributed by atoms with Crippen molar-refractivity contribution in [3.05, 3.63) is 35.9 Å². The summed E-state index contributed by atoms with van der Waals surface area (Å²) >= 11 is 0. The molecule has 0 aliphatic carbocycles. The molecule has 0 radical (unpaired) electrons. The van der Waals surface area contributed by atoms with Crippen molar-refractivity contribution in [2.45, 2.75) is 70.1 Å². The second-order valence-corrected chi connectivity index (χ2v) is 8.94. The minimum Gasteiger partial charge on any atom is -0.480 e. The van der Waals surface area contributed by atoms with Crippen LogP contribution in [0.4, 0.5) is 0 Å². The summed E-state index contributed by atoms with van der Waals surface area (Å²) in [5.74, 6) is -4.70. The first-order valence-electron chi connectivity index (χ1n) is 11.9. The third-order valence-corrected chi connectivity index (χ3v) is 5.48. The van der Waals surface area contributed by atoms with Gasteiger partial charge in [0.1, 0.15) is 18.1 Å². The standard InChI is InChI=1S/C24H38N6O6/c1-14(2)20(30-21(32)16(26)12-15-8-4-3-5-9-15)23(34)29-18(13-19(27)31)22(33)28-17(24(35)36)10-6-7-11-25/h3-5,8-9,14,16-18,20H,6-7,10-13,25-26H2,1-2H3,(H2,27,31)(H,28,33)(H,29,34)(H,30,32)(H,35,36). The molecule has 1 rings (SSSR count). The topological polar surface area (TPSA) is 220 Å². The van der Waals surface area contributed by atoms with E-state index in [1.165, 1.54) is 0 Å². The summed E-state index contributed by atoms with van der Waals surface area (Å²) in [5.41, 5.74) is 17.5. The summed E-state index contributed by atoms with van der Waals surface area (Å²) in [6.45, 7) is 3.75. The van der Waals surface area contributed by atoms with Gasteiger partial charge in [0.25, 0.3) is 0 Å². The lowest BCUT2D eigenvalue weighted by Gasteiger charge is -2.26. The molecule has 12 nitrogen and oxygen atoms in total. The minimum absolute atomic E-state index is 0.124. The first-order chi connectivity index (χ1) is 17.0. The summed E-state index contributed by atoms with van der Waals surface area (Å²) in [6.07, 6.45) is 0.861. The van der Waals surface area contributed by atoms with Crippen molar-refractivity contribution in [2.24, 2.45) is 23.1 Å². The number of carboxylic acids is 1. The van der Waals surface area contributed by atoms with Crippen LogP contribution in [-0.4, -0.2) is 65.4 Å². The zero-order chi connectivity index (χ0) is 27.3. The van der Waals surface area contributed by atoms with Crippen LogP contribution in [-0.2, 0) is 30.4 Å². The molecule has 4 unspecified atom stereocenters. The summed E-state index contributed by atoms with van der Waals surface area (Å²) in [4.78, 5) is 61.5. The number of carbonyl (C=O) groups is 5. The number of carbonyl (C=O) groups excluding carboxylic acids is 4. The van der Waals surface area contributed by atoms with Gasteiger partial charge >= 0.3 is 5.97 Å². The predicted octanol–water partition coefficient (Wildman–Crippen LogP) is -1.24. The predicted molar refractivity (Wildman–Crippen MR) is 133 cm³/mol. The number of unbranched alkanes of at least 4 members (excludes halogenated alkanes) is 1. The van der Waals surface area contributed by atoms with Crippen molar-refractivity contribution in [1.29, 1.82) is 0 Å². The van der Waals surface area contributed by atoms with E-state index in [2.05, 4.69) is 16.0 Å². The highest BCUT2D eigenvalue weighted by Gasteiger charge is 2.32. The molecule has 0 saturated carbocycles. The molecule has 0 bridgehead atoms. The highest BCUT2D eigenvalue weighted by atomic mass is 16.4. The highest BCUT2D eigenvalue weighted by Crippen LogP contribution is 2.07. The molecule has 4 atom stereocenters. The van der Waals surface area contributed by atoms with Crippen molar-refractivity contribution >= 4 is 29.6 Å². The molecular weight excluding hydrogens is 468 g/mol.